The van der Waals surface area contributed by atoms with Gasteiger partial charge in [0.2, 0.25) is 0 Å². The topological polar surface area (TPSA) is 81.5 Å². The zero-order valence-electron chi connectivity index (χ0n) is 13.9. The lowest BCUT2D eigenvalue weighted by Gasteiger charge is -2.26. The minimum atomic E-state index is -3.49. The average molecular weight is 361 g/mol. The molecule has 1 saturated heterocycles. The fourth-order valence-electron chi connectivity index (χ4n) is 3.46. The number of morpholine rings is 1. The van der Waals surface area contributed by atoms with Crippen LogP contribution in [-0.4, -0.2) is 55.3 Å². The molecule has 0 bridgehead atoms. The number of sulfone groups is 1. The second kappa shape index (κ2) is 5.96. The number of aryl methyl sites for hydroxylation is 1. The molecule has 0 unspecified atom stereocenters. The summed E-state index contributed by atoms with van der Waals surface area (Å²) in [4.78, 5) is 14.9. The summed E-state index contributed by atoms with van der Waals surface area (Å²) in [6.07, 6.45) is 0. The van der Waals surface area contributed by atoms with Crippen molar-refractivity contribution < 1.29 is 17.9 Å². The molecule has 1 fully saturated rings. The molecule has 1 aromatic carbocycles. The zero-order chi connectivity index (χ0) is 17.6. The summed E-state index contributed by atoms with van der Waals surface area (Å²) < 4.78 is 32.4. The number of nitrogens with zero attached hydrogens (tertiary/aromatic N) is 3. The summed E-state index contributed by atoms with van der Waals surface area (Å²) in [5.41, 5.74) is 2.12. The van der Waals surface area contributed by atoms with Gasteiger partial charge in [0.05, 0.1) is 29.6 Å². The Labute approximate surface area is 146 Å². The third kappa shape index (κ3) is 2.56. The fourth-order valence-corrected chi connectivity index (χ4v) is 5.05. The molecule has 0 saturated carbocycles. The highest BCUT2D eigenvalue weighted by atomic mass is 32.2. The summed E-state index contributed by atoms with van der Waals surface area (Å²) in [5, 5.41) is 4.47. The molecule has 0 spiro atoms. The summed E-state index contributed by atoms with van der Waals surface area (Å²) in [5.74, 6) is -0.411. The highest BCUT2D eigenvalue weighted by Crippen LogP contribution is 2.39. The molecular weight excluding hydrogens is 342 g/mol. The normalized spacial score (nSPS) is 18.5. The van der Waals surface area contributed by atoms with Crippen LogP contribution in [0.5, 0.6) is 0 Å². The number of carbonyl (C=O) groups is 1. The first-order valence-corrected chi connectivity index (χ1v) is 9.97. The Morgan fingerprint density at radius 3 is 2.68 bits per heavy atom. The lowest BCUT2D eigenvalue weighted by Crippen LogP contribution is -2.41. The summed E-state index contributed by atoms with van der Waals surface area (Å²) >= 11 is 0. The first-order chi connectivity index (χ1) is 12.0. The van der Waals surface area contributed by atoms with Gasteiger partial charge >= 0.3 is 0 Å². The number of carbonyl (C=O) groups excluding carboxylic acids is 1. The van der Waals surface area contributed by atoms with Crippen LogP contribution in [0.1, 0.15) is 23.0 Å². The highest BCUT2D eigenvalue weighted by Gasteiger charge is 2.36. The van der Waals surface area contributed by atoms with Crippen LogP contribution in [0.4, 0.5) is 0 Å². The van der Waals surface area contributed by atoms with E-state index in [1.165, 1.54) is 0 Å². The van der Waals surface area contributed by atoms with Crippen LogP contribution < -0.4 is 0 Å². The molecule has 25 heavy (non-hydrogen) atoms. The molecule has 1 amide bonds. The number of aromatic nitrogens is 2. The van der Waals surface area contributed by atoms with Crippen molar-refractivity contribution in [2.75, 3.05) is 26.3 Å². The van der Waals surface area contributed by atoms with Crippen molar-refractivity contribution >= 4 is 15.7 Å². The summed E-state index contributed by atoms with van der Waals surface area (Å²) in [6.45, 7) is 4.47. The van der Waals surface area contributed by atoms with E-state index in [9.17, 15) is 13.2 Å². The molecule has 1 aromatic heterocycles. The van der Waals surface area contributed by atoms with E-state index in [1.807, 2.05) is 6.92 Å². The van der Waals surface area contributed by atoms with E-state index in [0.717, 1.165) is 5.69 Å². The van der Waals surface area contributed by atoms with E-state index >= 15 is 0 Å². The number of hydrogen-bond acceptors (Lipinski definition) is 5. The van der Waals surface area contributed by atoms with E-state index in [-0.39, 0.29) is 17.4 Å². The maximum Gasteiger partial charge on any atom is 0.274 e. The Balaban J connectivity index is 1.89. The van der Waals surface area contributed by atoms with Crippen molar-refractivity contribution in [1.82, 2.24) is 14.7 Å². The van der Waals surface area contributed by atoms with Crippen LogP contribution >= 0.6 is 0 Å². The Bertz CT molecular complexity index is 943. The van der Waals surface area contributed by atoms with Gasteiger partial charge < -0.3 is 9.64 Å². The smallest absolute Gasteiger partial charge is 0.274 e. The third-order valence-corrected chi connectivity index (χ3v) is 6.36. The standard InChI is InChI=1S/C17H19N3O4S/c1-2-20-16-12-5-3-4-6-14(12)25(22,23)11-13(16)15(18-20)17(21)19-7-9-24-10-8-19/h3-6H,2,7-11H2,1H3. The molecule has 0 atom stereocenters. The van der Waals surface area contributed by atoms with Crippen LogP contribution in [0.25, 0.3) is 11.3 Å². The molecule has 7 nitrogen and oxygen atoms in total. The van der Waals surface area contributed by atoms with E-state index in [2.05, 4.69) is 5.10 Å². The molecule has 3 heterocycles. The number of benzene rings is 1. The first-order valence-electron chi connectivity index (χ1n) is 8.32. The zero-order valence-corrected chi connectivity index (χ0v) is 14.8. The molecule has 0 radical (unpaired) electrons. The Kier molecular flexibility index (Phi) is 3.88. The van der Waals surface area contributed by atoms with Gasteiger partial charge in [-0.15, -0.1) is 0 Å². The van der Waals surface area contributed by atoms with Crippen molar-refractivity contribution in [1.29, 1.82) is 0 Å². The largest absolute Gasteiger partial charge is 0.378 e. The molecule has 132 valence electrons. The van der Waals surface area contributed by atoms with Crippen LogP contribution in [0, 0.1) is 0 Å². The van der Waals surface area contributed by atoms with E-state index in [0.29, 0.717) is 48.9 Å². The molecular formula is C17H19N3O4S. The van der Waals surface area contributed by atoms with Gasteiger partial charge in [0, 0.05) is 30.8 Å². The Morgan fingerprint density at radius 2 is 1.96 bits per heavy atom. The van der Waals surface area contributed by atoms with Gasteiger partial charge in [-0.05, 0) is 13.0 Å². The van der Waals surface area contributed by atoms with Crippen molar-refractivity contribution in [3.05, 3.63) is 35.5 Å². The second-order valence-electron chi connectivity index (χ2n) is 6.15. The predicted octanol–water partition coefficient (Wildman–Crippen LogP) is 1.33. The van der Waals surface area contributed by atoms with Crippen LogP contribution in [0.2, 0.25) is 0 Å². The number of ether oxygens (including phenoxy) is 1. The maximum atomic E-state index is 12.9. The lowest BCUT2D eigenvalue weighted by molar-refractivity contribution is 0.0298. The molecule has 2 aliphatic rings. The quantitative estimate of drug-likeness (QED) is 0.806. The van der Waals surface area contributed by atoms with Gasteiger partial charge in [-0.2, -0.15) is 5.10 Å². The minimum Gasteiger partial charge on any atom is -0.378 e. The lowest BCUT2D eigenvalue weighted by atomic mass is 10.1. The molecule has 2 aliphatic heterocycles. The number of amides is 1. The predicted molar refractivity (Wildman–Crippen MR) is 90.9 cm³/mol. The van der Waals surface area contributed by atoms with Crippen molar-refractivity contribution in [3.63, 3.8) is 0 Å². The van der Waals surface area contributed by atoms with Gasteiger partial charge in [0.1, 0.15) is 0 Å². The average Bonchev–Trinajstić information content (AvgIpc) is 2.99. The summed E-state index contributed by atoms with van der Waals surface area (Å²) in [7, 11) is -3.49. The van der Waals surface area contributed by atoms with Crippen molar-refractivity contribution in [3.8, 4) is 11.3 Å². The first kappa shape index (κ1) is 16.3. The van der Waals surface area contributed by atoms with Crippen LogP contribution in [-0.2, 0) is 26.9 Å². The van der Waals surface area contributed by atoms with E-state index in [4.69, 9.17) is 4.74 Å². The number of hydrogen-bond donors (Lipinski definition) is 0. The fraction of sp³-hybridized carbons (Fsp3) is 0.412. The molecule has 8 heteroatoms. The summed E-state index contributed by atoms with van der Waals surface area (Å²) in [6, 6.07) is 6.92. The monoisotopic (exact) mass is 361 g/mol. The molecule has 0 N–H and O–H groups in total. The SMILES string of the molecule is CCn1nc(C(=O)N2CCOCC2)c2c1-c1ccccc1S(=O)(=O)C2. The van der Waals surface area contributed by atoms with Crippen LogP contribution in [0.15, 0.2) is 29.2 Å². The Morgan fingerprint density at radius 1 is 1.24 bits per heavy atom. The van der Waals surface area contributed by atoms with Crippen molar-refractivity contribution in [2.24, 2.45) is 0 Å². The number of rotatable bonds is 2. The van der Waals surface area contributed by atoms with E-state index < -0.39 is 9.84 Å². The van der Waals surface area contributed by atoms with Gasteiger partial charge in [0.15, 0.2) is 15.5 Å². The Hall–Kier alpha value is -2.19. The van der Waals surface area contributed by atoms with Gasteiger partial charge in [-0.25, -0.2) is 8.42 Å². The third-order valence-electron chi connectivity index (χ3n) is 4.66. The second-order valence-corrected chi connectivity index (χ2v) is 8.11. The molecule has 0 aliphatic carbocycles. The molecule has 2 aromatic rings. The maximum absolute atomic E-state index is 12.9. The van der Waals surface area contributed by atoms with Gasteiger partial charge in [-0.1, -0.05) is 18.2 Å². The van der Waals surface area contributed by atoms with Crippen LogP contribution in [0.3, 0.4) is 0 Å². The van der Waals surface area contributed by atoms with Crippen molar-refractivity contribution in [2.45, 2.75) is 24.1 Å². The highest BCUT2D eigenvalue weighted by molar-refractivity contribution is 7.90. The minimum absolute atomic E-state index is 0.190. The van der Waals surface area contributed by atoms with Gasteiger partial charge in [0.25, 0.3) is 5.91 Å². The number of fused-ring (bicyclic) bond motifs is 3. The van der Waals surface area contributed by atoms with Gasteiger partial charge in [-0.3, -0.25) is 9.48 Å². The molecule has 4 rings (SSSR count). The van der Waals surface area contributed by atoms with E-state index in [1.54, 1.807) is 33.8 Å².